The van der Waals surface area contributed by atoms with Crippen LogP contribution in [-0.2, 0) is 11.3 Å². The molecule has 1 amide bonds. The average molecular weight is 284 g/mol. The van der Waals surface area contributed by atoms with Crippen molar-refractivity contribution in [3.8, 4) is 0 Å². The Labute approximate surface area is 120 Å². The lowest BCUT2D eigenvalue weighted by atomic mass is 9.92. The first-order chi connectivity index (χ1) is 8.56. The molecular weight excluding hydrogens is 262 g/mol. The third kappa shape index (κ3) is 4.11. The van der Waals surface area contributed by atoms with E-state index in [2.05, 4.69) is 17.9 Å². The lowest BCUT2D eigenvalue weighted by Crippen LogP contribution is -2.45. The molecule has 4 N–H and O–H groups in total. The van der Waals surface area contributed by atoms with Gasteiger partial charge in [0, 0.05) is 24.8 Å². The number of amides is 1. The van der Waals surface area contributed by atoms with Gasteiger partial charge in [-0.25, -0.2) is 0 Å². The van der Waals surface area contributed by atoms with Crippen molar-refractivity contribution >= 4 is 24.0 Å². The van der Waals surface area contributed by atoms with E-state index in [-0.39, 0.29) is 24.2 Å². The van der Waals surface area contributed by atoms with Gasteiger partial charge in [-0.1, -0.05) is 12.1 Å². The summed E-state index contributed by atoms with van der Waals surface area (Å²) in [6.07, 6.45) is 1.93. The number of anilines is 1. The SMILES string of the molecule is CC1CCC(C(N)=O)CN1Cc1cccc(N)c1.Cl. The van der Waals surface area contributed by atoms with Gasteiger partial charge in [0.1, 0.15) is 0 Å². The van der Waals surface area contributed by atoms with E-state index >= 15 is 0 Å². The third-order valence-corrected chi connectivity index (χ3v) is 3.75. The van der Waals surface area contributed by atoms with E-state index in [0.29, 0.717) is 6.04 Å². The molecule has 0 saturated carbocycles. The lowest BCUT2D eigenvalue weighted by molar-refractivity contribution is -0.124. The quantitative estimate of drug-likeness (QED) is 0.831. The monoisotopic (exact) mass is 283 g/mol. The van der Waals surface area contributed by atoms with Crippen LogP contribution in [0.2, 0.25) is 0 Å². The fraction of sp³-hybridized carbons (Fsp3) is 0.500. The zero-order valence-corrected chi connectivity index (χ0v) is 12.0. The number of piperidine rings is 1. The second-order valence-corrected chi connectivity index (χ2v) is 5.20. The fourth-order valence-corrected chi connectivity index (χ4v) is 2.56. The van der Waals surface area contributed by atoms with E-state index < -0.39 is 0 Å². The van der Waals surface area contributed by atoms with Crippen molar-refractivity contribution in [2.75, 3.05) is 12.3 Å². The molecule has 1 aromatic carbocycles. The smallest absolute Gasteiger partial charge is 0.221 e. The highest BCUT2D eigenvalue weighted by atomic mass is 35.5. The zero-order chi connectivity index (χ0) is 13.1. The summed E-state index contributed by atoms with van der Waals surface area (Å²) in [6, 6.07) is 8.39. The maximum atomic E-state index is 11.3. The van der Waals surface area contributed by atoms with Crippen LogP contribution in [0.5, 0.6) is 0 Å². The number of nitrogens with zero attached hydrogens (tertiary/aromatic N) is 1. The molecule has 106 valence electrons. The molecule has 1 aromatic rings. The number of rotatable bonds is 3. The molecule has 2 atom stereocenters. The maximum absolute atomic E-state index is 11.3. The Bertz CT molecular complexity index is 438. The van der Waals surface area contributed by atoms with Crippen LogP contribution < -0.4 is 11.5 Å². The normalized spacial score (nSPS) is 23.6. The summed E-state index contributed by atoms with van der Waals surface area (Å²) in [5.74, 6) is -0.193. The highest BCUT2D eigenvalue weighted by molar-refractivity contribution is 5.85. The van der Waals surface area contributed by atoms with Crippen molar-refractivity contribution in [1.82, 2.24) is 4.90 Å². The van der Waals surface area contributed by atoms with Gasteiger partial charge < -0.3 is 11.5 Å². The van der Waals surface area contributed by atoms with Gasteiger partial charge in [0.25, 0.3) is 0 Å². The number of likely N-dealkylation sites (tertiary alicyclic amines) is 1. The van der Waals surface area contributed by atoms with E-state index in [1.807, 2.05) is 18.2 Å². The minimum absolute atomic E-state index is 0. The van der Waals surface area contributed by atoms with E-state index in [4.69, 9.17) is 11.5 Å². The minimum Gasteiger partial charge on any atom is -0.399 e. The Balaban J connectivity index is 0.00000180. The van der Waals surface area contributed by atoms with Crippen LogP contribution in [0.25, 0.3) is 0 Å². The third-order valence-electron chi connectivity index (χ3n) is 3.75. The van der Waals surface area contributed by atoms with Crippen LogP contribution in [0.3, 0.4) is 0 Å². The minimum atomic E-state index is -0.181. The number of nitrogen functional groups attached to an aromatic ring is 1. The Kier molecular flexibility index (Phi) is 5.63. The summed E-state index contributed by atoms with van der Waals surface area (Å²) in [4.78, 5) is 13.6. The summed E-state index contributed by atoms with van der Waals surface area (Å²) in [5, 5.41) is 0. The van der Waals surface area contributed by atoms with Crippen molar-refractivity contribution in [2.24, 2.45) is 11.7 Å². The van der Waals surface area contributed by atoms with Gasteiger partial charge in [0.2, 0.25) is 5.91 Å². The summed E-state index contributed by atoms with van der Waals surface area (Å²) in [6.45, 7) is 3.78. The topological polar surface area (TPSA) is 72.4 Å². The van der Waals surface area contributed by atoms with Gasteiger partial charge in [0.05, 0.1) is 5.92 Å². The molecule has 0 radical (unpaired) electrons. The molecule has 1 heterocycles. The van der Waals surface area contributed by atoms with Crippen LogP contribution in [0.15, 0.2) is 24.3 Å². The predicted octanol–water partition coefficient (Wildman–Crippen LogP) is 1.78. The van der Waals surface area contributed by atoms with Crippen LogP contribution in [0.1, 0.15) is 25.3 Å². The summed E-state index contributed by atoms with van der Waals surface area (Å²) in [5.41, 5.74) is 13.2. The van der Waals surface area contributed by atoms with E-state index in [1.165, 1.54) is 5.56 Å². The molecule has 2 rings (SSSR count). The second kappa shape index (κ2) is 6.78. The lowest BCUT2D eigenvalue weighted by Gasteiger charge is -2.36. The predicted molar refractivity (Wildman–Crippen MR) is 79.9 cm³/mol. The standard InChI is InChI=1S/C14H21N3O.ClH/c1-10-5-6-12(14(16)18)9-17(10)8-11-3-2-4-13(15)7-11;/h2-4,7,10,12H,5-6,8-9,15H2,1H3,(H2,16,18);1H. The van der Waals surface area contributed by atoms with Gasteiger partial charge in [-0.05, 0) is 37.5 Å². The second-order valence-electron chi connectivity index (χ2n) is 5.20. The summed E-state index contributed by atoms with van der Waals surface area (Å²) in [7, 11) is 0. The number of carbonyl (C=O) groups is 1. The molecule has 0 spiro atoms. The first kappa shape index (κ1) is 15.8. The van der Waals surface area contributed by atoms with E-state index in [1.54, 1.807) is 0 Å². The first-order valence-electron chi connectivity index (χ1n) is 6.44. The largest absolute Gasteiger partial charge is 0.399 e. The molecule has 2 unspecified atom stereocenters. The molecule has 0 aromatic heterocycles. The number of primary amides is 1. The van der Waals surface area contributed by atoms with Crippen molar-refractivity contribution in [2.45, 2.75) is 32.4 Å². The molecule has 0 bridgehead atoms. The van der Waals surface area contributed by atoms with E-state index in [9.17, 15) is 4.79 Å². The summed E-state index contributed by atoms with van der Waals surface area (Å²) >= 11 is 0. The van der Waals surface area contributed by atoms with E-state index in [0.717, 1.165) is 31.6 Å². The molecule has 1 aliphatic heterocycles. The Morgan fingerprint density at radius 1 is 1.42 bits per heavy atom. The molecule has 1 fully saturated rings. The summed E-state index contributed by atoms with van der Waals surface area (Å²) < 4.78 is 0. The number of carbonyl (C=O) groups excluding carboxylic acids is 1. The Morgan fingerprint density at radius 2 is 2.16 bits per heavy atom. The zero-order valence-electron chi connectivity index (χ0n) is 11.2. The van der Waals surface area contributed by atoms with Crippen molar-refractivity contribution < 1.29 is 4.79 Å². The van der Waals surface area contributed by atoms with Crippen LogP contribution in [0.4, 0.5) is 5.69 Å². The number of hydrogen-bond acceptors (Lipinski definition) is 3. The number of halogens is 1. The Hall–Kier alpha value is -1.26. The number of nitrogens with two attached hydrogens (primary N) is 2. The molecule has 5 heteroatoms. The number of benzene rings is 1. The van der Waals surface area contributed by atoms with Crippen LogP contribution in [0, 0.1) is 5.92 Å². The van der Waals surface area contributed by atoms with Gasteiger partial charge in [0.15, 0.2) is 0 Å². The first-order valence-corrected chi connectivity index (χ1v) is 6.44. The fourth-order valence-electron chi connectivity index (χ4n) is 2.56. The maximum Gasteiger partial charge on any atom is 0.221 e. The molecule has 4 nitrogen and oxygen atoms in total. The van der Waals surface area contributed by atoms with Gasteiger partial charge in [-0.2, -0.15) is 0 Å². The van der Waals surface area contributed by atoms with Crippen molar-refractivity contribution in [3.63, 3.8) is 0 Å². The number of hydrogen-bond donors (Lipinski definition) is 2. The van der Waals surface area contributed by atoms with Crippen molar-refractivity contribution in [3.05, 3.63) is 29.8 Å². The molecular formula is C14H22ClN3O. The Morgan fingerprint density at radius 3 is 2.79 bits per heavy atom. The molecule has 19 heavy (non-hydrogen) atoms. The average Bonchev–Trinajstić information content (AvgIpc) is 2.31. The van der Waals surface area contributed by atoms with Gasteiger partial charge in [-0.15, -0.1) is 12.4 Å². The highest BCUT2D eigenvalue weighted by Crippen LogP contribution is 2.23. The van der Waals surface area contributed by atoms with Gasteiger partial charge in [-0.3, -0.25) is 9.69 Å². The van der Waals surface area contributed by atoms with Crippen LogP contribution >= 0.6 is 12.4 Å². The molecule has 1 aliphatic rings. The molecule has 1 saturated heterocycles. The highest BCUT2D eigenvalue weighted by Gasteiger charge is 2.28. The van der Waals surface area contributed by atoms with Crippen molar-refractivity contribution in [1.29, 1.82) is 0 Å². The molecule has 0 aliphatic carbocycles. The van der Waals surface area contributed by atoms with Gasteiger partial charge >= 0.3 is 0 Å². The van der Waals surface area contributed by atoms with Crippen LogP contribution in [-0.4, -0.2) is 23.4 Å².